The van der Waals surface area contributed by atoms with Gasteiger partial charge in [-0.2, -0.15) is 5.10 Å². The van der Waals surface area contributed by atoms with E-state index in [0.29, 0.717) is 13.1 Å². The normalized spacial score (nSPS) is 15.0. The van der Waals surface area contributed by atoms with Gasteiger partial charge in [0.05, 0.1) is 18.8 Å². The van der Waals surface area contributed by atoms with Crippen LogP contribution in [-0.2, 0) is 33.1 Å². The number of aliphatic imine (C=N–C) groups is 1. The molecule has 0 unspecified atom stereocenters. The Morgan fingerprint density at radius 1 is 1.25 bits per heavy atom. The van der Waals surface area contributed by atoms with Gasteiger partial charge in [0.15, 0.2) is 11.8 Å². The summed E-state index contributed by atoms with van der Waals surface area (Å²) >= 11 is 0. The Morgan fingerprint density at radius 2 is 2.17 bits per heavy atom. The van der Waals surface area contributed by atoms with Crippen LogP contribution in [0.5, 0.6) is 0 Å². The van der Waals surface area contributed by atoms with Crippen LogP contribution in [-0.4, -0.2) is 37.0 Å². The van der Waals surface area contributed by atoms with Gasteiger partial charge >= 0.3 is 0 Å². The number of fused-ring (bicyclic) bond motifs is 1. The lowest BCUT2D eigenvalue weighted by atomic mass is 10.2. The second-order valence-corrected chi connectivity index (χ2v) is 5.99. The van der Waals surface area contributed by atoms with Gasteiger partial charge < -0.3 is 15.2 Å². The van der Waals surface area contributed by atoms with Crippen molar-refractivity contribution in [3.8, 4) is 0 Å². The monoisotopic (exact) mass is 330 g/mol. The van der Waals surface area contributed by atoms with E-state index in [1.54, 1.807) is 6.20 Å². The predicted molar refractivity (Wildman–Crippen MR) is 92.4 cm³/mol. The molecular formula is C16H26N8. The molecule has 3 heterocycles. The molecule has 0 spiro atoms. The first-order chi connectivity index (χ1) is 11.8. The fourth-order valence-corrected chi connectivity index (χ4v) is 2.90. The smallest absolute Gasteiger partial charge is 0.192 e. The number of rotatable bonds is 5. The molecule has 1 aliphatic heterocycles. The van der Waals surface area contributed by atoms with Crippen molar-refractivity contribution in [2.45, 2.75) is 52.2 Å². The summed E-state index contributed by atoms with van der Waals surface area (Å²) in [6, 6.07) is 1.98. The summed E-state index contributed by atoms with van der Waals surface area (Å²) in [4.78, 5) is 4.62. The summed E-state index contributed by atoms with van der Waals surface area (Å²) in [5, 5.41) is 19.5. The van der Waals surface area contributed by atoms with Crippen LogP contribution in [0, 0.1) is 0 Å². The van der Waals surface area contributed by atoms with Crippen molar-refractivity contribution in [1.82, 2.24) is 35.2 Å². The molecule has 0 radical (unpaired) electrons. The minimum Gasteiger partial charge on any atom is -0.357 e. The minimum absolute atomic E-state index is 0.587. The van der Waals surface area contributed by atoms with Gasteiger partial charge in [-0.05, 0) is 25.8 Å². The molecule has 0 saturated carbocycles. The van der Waals surface area contributed by atoms with E-state index < -0.39 is 0 Å². The van der Waals surface area contributed by atoms with Crippen molar-refractivity contribution in [1.29, 1.82) is 0 Å². The molecule has 2 N–H and O–H groups in total. The molecule has 1 aliphatic rings. The zero-order valence-corrected chi connectivity index (χ0v) is 14.5. The molecule has 0 aliphatic carbocycles. The molecular weight excluding hydrogens is 304 g/mol. The van der Waals surface area contributed by atoms with Gasteiger partial charge in [0.25, 0.3) is 0 Å². The molecule has 2 aromatic heterocycles. The molecule has 0 fully saturated rings. The summed E-state index contributed by atoms with van der Waals surface area (Å²) in [6.45, 7) is 5.11. The number of guanidine groups is 1. The molecule has 2 aromatic rings. The van der Waals surface area contributed by atoms with Gasteiger partial charge in [0, 0.05) is 32.8 Å². The first-order valence-electron chi connectivity index (χ1n) is 8.68. The third kappa shape index (κ3) is 3.93. The highest BCUT2D eigenvalue weighted by Crippen LogP contribution is 2.14. The number of hydrogen-bond acceptors (Lipinski definition) is 4. The van der Waals surface area contributed by atoms with Crippen LogP contribution in [0.4, 0.5) is 0 Å². The van der Waals surface area contributed by atoms with E-state index >= 15 is 0 Å². The van der Waals surface area contributed by atoms with Crippen LogP contribution in [0.15, 0.2) is 17.3 Å². The molecule has 24 heavy (non-hydrogen) atoms. The molecule has 0 amide bonds. The highest BCUT2D eigenvalue weighted by Gasteiger charge is 2.14. The molecule has 0 atom stereocenters. The Morgan fingerprint density at radius 3 is 2.96 bits per heavy atom. The second-order valence-electron chi connectivity index (χ2n) is 5.99. The Balaban J connectivity index is 1.64. The summed E-state index contributed by atoms with van der Waals surface area (Å²) in [5.74, 6) is 2.88. The Bertz CT molecular complexity index is 684. The lowest BCUT2D eigenvalue weighted by Crippen LogP contribution is -2.37. The van der Waals surface area contributed by atoms with Crippen LogP contribution < -0.4 is 10.6 Å². The molecule has 3 rings (SSSR count). The van der Waals surface area contributed by atoms with Crippen LogP contribution >= 0.6 is 0 Å². The number of aromatic nitrogens is 5. The number of hydrogen-bond donors (Lipinski definition) is 2. The molecule has 8 heteroatoms. The van der Waals surface area contributed by atoms with Gasteiger partial charge in [-0.1, -0.05) is 6.42 Å². The molecule has 0 bridgehead atoms. The maximum Gasteiger partial charge on any atom is 0.192 e. The van der Waals surface area contributed by atoms with E-state index in [-0.39, 0.29) is 0 Å². The summed E-state index contributed by atoms with van der Waals surface area (Å²) in [5.41, 5.74) is 1.07. The van der Waals surface area contributed by atoms with Crippen LogP contribution in [0.2, 0.25) is 0 Å². The van der Waals surface area contributed by atoms with E-state index in [9.17, 15) is 0 Å². The second kappa shape index (κ2) is 7.94. The highest BCUT2D eigenvalue weighted by molar-refractivity contribution is 5.79. The summed E-state index contributed by atoms with van der Waals surface area (Å²) in [6.07, 6.45) is 6.50. The van der Waals surface area contributed by atoms with Gasteiger partial charge in [-0.25, -0.2) is 4.99 Å². The number of nitrogens with one attached hydrogen (secondary N) is 2. The maximum absolute atomic E-state index is 4.62. The van der Waals surface area contributed by atoms with E-state index in [4.69, 9.17) is 0 Å². The van der Waals surface area contributed by atoms with Crippen molar-refractivity contribution < 1.29 is 0 Å². The third-order valence-electron chi connectivity index (χ3n) is 4.27. The van der Waals surface area contributed by atoms with Crippen molar-refractivity contribution >= 4 is 5.96 Å². The lowest BCUT2D eigenvalue weighted by Gasteiger charge is -2.12. The SMILES string of the molecule is CCNC(=NCc1ccnn1C)NCc1nnc2n1CCCCC2. The van der Waals surface area contributed by atoms with E-state index in [1.807, 2.05) is 17.8 Å². The first kappa shape index (κ1) is 16.5. The summed E-state index contributed by atoms with van der Waals surface area (Å²) in [7, 11) is 1.93. The zero-order valence-electron chi connectivity index (χ0n) is 14.5. The Labute approximate surface area is 142 Å². The number of aryl methyl sites for hydroxylation is 2. The van der Waals surface area contributed by atoms with Crippen molar-refractivity contribution in [3.63, 3.8) is 0 Å². The highest BCUT2D eigenvalue weighted by atomic mass is 15.3. The quantitative estimate of drug-likeness (QED) is 0.631. The third-order valence-corrected chi connectivity index (χ3v) is 4.27. The largest absolute Gasteiger partial charge is 0.357 e. The van der Waals surface area contributed by atoms with Crippen molar-refractivity contribution in [3.05, 3.63) is 29.6 Å². The fraction of sp³-hybridized carbons (Fsp3) is 0.625. The number of nitrogens with zero attached hydrogens (tertiary/aromatic N) is 6. The van der Waals surface area contributed by atoms with E-state index in [0.717, 1.165) is 42.8 Å². The van der Waals surface area contributed by atoms with Gasteiger partial charge in [0.1, 0.15) is 5.82 Å². The van der Waals surface area contributed by atoms with Crippen molar-refractivity contribution in [2.75, 3.05) is 6.54 Å². The van der Waals surface area contributed by atoms with Gasteiger partial charge in [-0.15, -0.1) is 10.2 Å². The fourth-order valence-electron chi connectivity index (χ4n) is 2.90. The van der Waals surface area contributed by atoms with Gasteiger partial charge in [-0.3, -0.25) is 4.68 Å². The predicted octanol–water partition coefficient (Wildman–Crippen LogP) is 0.993. The zero-order chi connectivity index (χ0) is 16.8. The van der Waals surface area contributed by atoms with Crippen LogP contribution in [0.1, 0.15) is 43.5 Å². The average molecular weight is 330 g/mol. The van der Waals surface area contributed by atoms with E-state index in [1.165, 1.54) is 19.3 Å². The van der Waals surface area contributed by atoms with Gasteiger partial charge in [0.2, 0.25) is 0 Å². The Kier molecular flexibility index (Phi) is 5.45. The first-order valence-corrected chi connectivity index (χ1v) is 8.68. The topological polar surface area (TPSA) is 84.9 Å². The maximum atomic E-state index is 4.62. The van der Waals surface area contributed by atoms with Crippen LogP contribution in [0.3, 0.4) is 0 Å². The molecule has 130 valence electrons. The van der Waals surface area contributed by atoms with E-state index in [2.05, 4.69) is 42.4 Å². The summed E-state index contributed by atoms with van der Waals surface area (Å²) < 4.78 is 4.09. The standard InChI is InChI=1S/C16H26N8/c1-3-17-16(18-11-13-8-9-20-23(13)2)19-12-15-22-21-14-7-5-4-6-10-24(14)15/h8-9H,3-7,10-12H2,1-2H3,(H2,17,18,19). The molecule has 8 nitrogen and oxygen atoms in total. The van der Waals surface area contributed by atoms with Crippen LogP contribution in [0.25, 0.3) is 0 Å². The lowest BCUT2D eigenvalue weighted by molar-refractivity contribution is 0.596. The minimum atomic E-state index is 0.587. The molecule has 0 aromatic carbocycles. The average Bonchev–Trinajstić information content (AvgIpc) is 3.08. The van der Waals surface area contributed by atoms with Crippen molar-refractivity contribution in [2.24, 2.45) is 12.0 Å². The Hall–Kier alpha value is -2.38. The molecule has 0 saturated heterocycles.